The van der Waals surface area contributed by atoms with Crippen LogP contribution in [0.5, 0.6) is 0 Å². The summed E-state index contributed by atoms with van der Waals surface area (Å²) in [4.78, 5) is 2.04. The van der Waals surface area contributed by atoms with Gasteiger partial charge in [-0.25, -0.2) is 0 Å². The lowest BCUT2D eigenvalue weighted by molar-refractivity contribution is 0.163. The van der Waals surface area contributed by atoms with Crippen LogP contribution in [0.2, 0.25) is 0 Å². The Kier molecular flexibility index (Phi) is 3.12. The highest BCUT2D eigenvalue weighted by atomic mass is 16.3. The lowest BCUT2D eigenvalue weighted by Gasteiger charge is -2.29. The Balaban J connectivity index is 2.27. The first kappa shape index (κ1) is 11.0. The number of hydrogen-bond donors (Lipinski definition) is 1. The summed E-state index contributed by atoms with van der Waals surface area (Å²) in [6.45, 7) is 0. The van der Waals surface area contributed by atoms with Gasteiger partial charge in [0.15, 0.2) is 0 Å². The van der Waals surface area contributed by atoms with E-state index in [1.54, 1.807) is 0 Å². The van der Waals surface area contributed by atoms with Gasteiger partial charge in [-0.2, -0.15) is 5.26 Å². The molecule has 1 saturated carbocycles. The number of rotatable bonds is 2. The second kappa shape index (κ2) is 4.54. The number of anilines is 1. The number of benzene rings is 1. The summed E-state index contributed by atoms with van der Waals surface area (Å²) in [6.07, 6.45) is 2.66. The maximum atomic E-state index is 9.86. The molecule has 1 aromatic carbocycles. The van der Waals surface area contributed by atoms with E-state index >= 15 is 0 Å². The Hall–Kier alpha value is -1.53. The van der Waals surface area contributed by atoms with E-state index in [0.717, 1.165) is 24.9 Å². The van der Waals surface area contributed by atoms with Gasteiger partial charge >= 0.3 is 0 Å². The van der Waals surface area contributed by atoms with Crippen LogP contribution < -0.4 is 4.90 Å². The molecule has 1 aliphatic carbocycles. The van der Waals surface area contributed by atoms with Gasteiger partial charge in [0, 0.05) is 7.05 Å². The number of para-hydroxylation sites is 1. The SMILES string of the molecule is CN(c1ccccc1C#N)C1CCCC1O. The molecular formula is C13H16N2O. The average Bonchev–Trinajstić information content (AvgIpc) is 2.74. The molecule has 16 heavy (non-hydrogen) atoms. The molecule has 1 fully saturated rings. The van der Waals surface area contributed by atoms with Crippen LogP contribution in [0.1, 0.15) is 24.8 Å². The molecule has 3 heteroatoms. The lowest BCUT2D eigenvalue weighted by atomic mass is 10.1. The Morgan fingerprint density at radius 1 is 1.38 bits per heavy atom. The predicted octanol–water partition coefficient (Wildman–Crippen LogP) is 1.91. The number of nitrogens with zero attached hydrogens (tertiary/aromatic N) is 2. The molecule has 0 heterocycles. The summed E-state index contributed by atoms with van der Waals surface area (Å²) in [5, 5.41) is 18.9. The summed E-state index contributed by atoms with van der Waals surface area (Å²) < 4.78 is 0. The quantitative estimate of drug-likeness (QED) is 0.821. The molecule has 3 nitrogen and oxygen atoms in total. The first-order chi connectivity index (χ1) is 7.74. The highest BCUT2D eigenvalue weighted by Gasteiger charge is 2.29. The minimum Gasteiger partial charge on any atom is -0.391 e. The summed E-state index contributed by atoms with van der Waals surface area (Å²) >= 11 is 0. The van der Waals surface area contributed by atoms with Gasteiger partial charge < -0.3 is 10.0 Å². The zero-order valence-corrected chi connectivity index (χ0v) is 9.43. The average molecular weight is 216 g/mol. The molecule has 0 amide bonds. The molecule has 0 aromatic heterocycles. The summed E-state index contributed by atoms with van der Waals surface area (Å²) in [6, 6.07) is 9.87. The fourth-order valence-electron chi connectivity index (χ4n) is 2.43. The van der Waals surface area contributed by atoms with Gasteiger partial charge in [0.25, 0.3) is 0 Å². The minimum atomic E-state index is -0.267. The molecule has 1 N–H and O–H groups in total. The van der Waals surface area contributed by atoms with E-state index < -0.39 is 0 Å². The smallest absolute Gasteiger partial charge is 0.101 e. The molecule has 2 rings (SSSR count). The van der Waals surface area contributed by atoms with Crippen molar-refractivity contribution in [1.82, 2.24) is 0 Å². The molecule has 2 atom stereocenters. The maximum absolute atomic E-state index is 9.86. The van der Waals surface area contributed by atoms with Gasteiger partial charge in [-0.3, -0.25) is 0 Å². The normalized spacial score (nSPS) is 24.1. The van der Waals surface area contributed by atoms with E-state index in [9.17, 15) is 5.11 Å². The first-order valence-corrected chi connectivity index (χ1v) is 5.64. The fraction of sp³-hybridized carbons (Fsp3) is 0.462. The second-order valence-corrected chi connectivity index (χ2v) is 4.31. The predicted molar refractivity (Wildman–Crippen MR) is 63.2 cm³/mol. The van der Waals surface area contributed by atoms with Gasteiger partial charge in [-0.1, -0.05) is 12.1 Å². The van der Waals surface area contributed by atoms with E-state index in [2.05, 4.69) is 6.07 Å². The van der Waals surface area contributed by atoms with Crippen molar-refractivity contribution >= 4 is 5.69 Å². The van der Waals surface area contributed by atoms with Crippen LogP contribution in [0.3, 0.4) is 0 Å². The van der Waals surface area contributed by atoms with Crippen LogP contribution in [-0.4, -0.2) is 24.3 Å². The highest BCUT2D eigenvalue weighted by Crippen LogP contribution is 2.29. The van der Waals surface area contributed by atoms with Crippen molar-refractivity contribution in [3.8, 4) is 6.07 Å². The largest absolute Gasteiger partial charge is 0.391 e. The molecule has 0 saturated heterocycles. The number of aliphatic hydroxyl groups is 1. The monoisotopic (exact) mass is 216 g/mol. The van der Waals surface area contributed by atoms with Gasteiger partial charge in [0.1, 0.15) is 6.07 Å². The van der Waals surface area contributed by atoms with Crippen LogP contribution in [0.15, 0.2) is 24.3 Å². The number of nitriles is 1. The van der Waals surface area contributed by atoms with Crippen LogP contribution in [-0.2, 0) is 0 Å². The Morgan fingerprint density at radius 3 is 2.75 bits per heavy atom. The molecule has 84 valence electrons. The second-order valence-electron chi connectivity index (χ2n) is 4.31. The van der Waals surface area contributed by atoms with Crippen molar-refractivity contribution < 1.29 is 5.11 Å². The molecule has 0 bridgehead atoms. The molecule has 2 unspecified atom stereocenters. The number of aliphatic hydroxyl groups excluding tert-OH is 1. The highest BCUT2D eigenvalue weighted by molar-refractivity contribution is 5.59. The van der Waals surface area contributed by atoms with Gasteiger partial charge in [-0.05, 0) is 31.4 Å². The molecular weight excluding hydrogens is 200 g/mol. The zero-order chi connectivity index (χ0) is 11.5. The topological polar surface area (TPSA) is 47.3 Å². The first-order valence-electron chi connectivity index (χ1n) is 5.64. The van der Waals surface area contributed by atoms with Crippen molar-refractivity contribution in [2.75, 3.05) is 11.9 Å². The van der Waals surface area contributed by atoms with Crippen molar-refractivity contribution in [1.29, 1.82) is 5.26 Å². The molecule has 0 radical (unpaired) electrons. The summed E-state index contributed by atoms with van der Waals surface area (Å²) in [5.74, 6) is 0. The third kappa shape index (κ3) is 1.89. The number of hydrogen-bond acceptors (Lipinski definition) is 3. The van der Waals surface area contributed by atoms with Crippen molar-refractivity contribution in [2.45, 2.75) is 31.4 Å². The van der Waals surface area contributed by atoms with Crippen molar-refractivity contribution in [3.63, 3.8) is 0 Å². The molecule has 1 aromatic rings. The molecule has 0 aliphatic heterocycles. The lowest BCUT2D eigenvalue weighted by Crippen LogP contribution is -2.37. The van der Waals surface area contributed by atoms with Crippen LogP contribution >= 0.6 is 0 Å². The Labute approximate surface area is 95.9 Å². The van der Waals surface area contributed by atoms with Crippen LogP contribution in [0.25, 0.3) is 0 Å². The van der Waals surface area contributed by atoms with Gasteiger partial charge in [0.05, 0.1) is 23.4 Å². The summed E-state index contributed by atoms with van der Waals surface area (Å²) in [7, 11) is 1.95. The van der Waals surface area contributed by atoms with E-state index in [0.29, 0.717) is 5.56 Å². The van der Waals surface area contributed by atoms with Crippen molar-refractivity contribution in [2.24, 2.45) is 0 Å². The fourth-order valence-corrected chi connectivity index (χ4v) is 2.43. The Morgan fingerprint density at radius 2 is 2.12 bits per heavy atom. The van der Waals surface area contributed by atoms with Crippen molar-refractivity contribution in [3.05, 3.63) is 29.8 Å². The third-order valence-electron chi connectivity index (χ3n) is 3.35. The van der Waals surface area contributed by atoms with E-state index in [1.165, 1.54) is 0 Å². The van der Waals surface area contributed by atoms with E-state index in [1.807, 2.05) is 36.2 Å². The minimum absolute atomic E-state index is 0.148. The standard InChI is InChI=1S/C13H16N2O/c1-15(12-7-4-8-13(12)16)11-6-3-2-5-10(11)9-14/h2-3,5-6,12-13,16H,4,7-8H2,1H3. The third-order valence-corrected chi connectivity index (χ3v) is 3.35. The summed E-state index contributed by atoms with van der Waals surface area (Å²) in [5.41, 5.74) is 1.58. The molecule has 0 spiro atoms. The van der Waals surface area contributed by atoms with Gasteiger partial charge in [0.2, 0.25) is 0 Å². The van der Waals surface area contributed by atoms with Gasteiger partial charge in [-0.15, -0.1) is 0 Å². The van der Waals surface area contributed by atoms with Crippen LogP contribution in [0, 0.1) is 11.3 Å². The van der Waals surface area contributed by atoms with E-state index in [-0.39, 0.29) is 12.1 Å². The van der Waals surface area contributed by atoms with E-state index in [4.69, 9.17) is 5.26 Å². The number of likely N-dealkylation sites (N-methyl/N-ethyl adjacent to an activating group) is 1. The molecule has 1 aliphatic rings. The zero-order valence-electron chi connectivity index (χ0n) is 9.43. The van der Waals surface area contributed by atoms with Crippen LogP contribution in [0.4, 0.5) is 5.69 Å². The maximum Gasteiger partial charge on any atom is 0.101 e. The Bertz CT molecular complexity index is 411.